The zero-order valence-electron chi connectivity index (χ0n) is 22.9. The zero-order chi connectivity index (χ0) is 27.8. The highest BCUT2D eigenvalue weighted by molar-refractivity contribution is 5.53. The third-order valence-electron chi connectivity index (χ3n) is 7.17. The molecule has 0 spiro atoms. The van der Waals surface area contributed by atoms with Crippen molar-refractivity contribution < 1.29 is 14.4 Å². The average molecular weight is 534 g/mol. The topological polar surface area (TPSA) is 80.4 Å². The Bertz CT molecular complexity index is 1450. The maximum Gasteiger partial charge on any atom is 0.244 e. The number of ether oxygens (including phenoxy) is 1. The van der Waals surface area contributed by atoms with E-state index in [1.54, 1.807) is 0 Å². The van der Waals surface area contributed by atoms with Gasteiger partial charge in [-0.2, -0.15) is 4.98 Å². The second kappa shape index (κ2) is 12.7. The molecule has 6 heteroatoms. The number of rotatable bonds is 12. The van der Waals surface area contributed by atoms with Crippen molar-refractivity contribution in [1.29, 1.82) is 0 Å². The normalized spacial score (nSPS) is 13.1. The number of nitrogens with one attached hydrogen (secondary N) is 1. The van der Waals surface area contributed by atoms with Crippen LogP contribution < -0.4 is 10.1 Å². The van der Waals surface area contributed by atoms with Crippen molar-refractivity contribution in [3.05, 3.63) is 138 Å². The fourth-order valence-corrected chi connectivity index (χ4v) is 4.70. The van der Waals surface area contributed by atoms with Crippen LogP contribution in [0.2, 0.25) is 0 Å². The first-order valence-electron chi connectivity index (χ1n) is 13.6. The maximum absolute atomic E-state index is 10.7. The lowest BCUT2D eigenvalue weighted by Gasteiger charge is -2.26. The van der Waals surface area contributed by atoms with Crippen LogP contribution in [0.3, 0.4) is 0 Å². The Hall–Kier alpha value is -4.26. The second-order valence-corrected chi connectivity index (χ2v) is 10.5. The summed E-state index contributed by atoms with van der Waals surface area (Å²) in [6.45, 7) is 4.89. The molecule has 5 aromatic rings. The van der Waals surface area contributed by atoms with E-state index in [9.17, 15) is 5.11 Å². The summed E-state index contributed by atoms with van der Waals surface area (Å²) in [4.78, 5) is 4.65. The highest BCUT2D eigenvalue weighted by Crippen LogP contribution is 2.32. The SMILES string of the molecule is CC(C)(c1ccccc1)c1ccc(OC[C@@H](O)CN[C@@H](Cc2ccccc2)c2nc(-c3ccccc3)no2)cc1. The first-order valence-corrected chi connectivity index (χ1v) is 13.6. The molecule has 1 heterocycles. The van der Waals surface area contributed by atoms with E-state index >= 15 is 0 Å². The second-order valence-electron chi connectivity index (χ2n) is 10.5. The van der Waals surface area contributed by atoms with Crippen LogP contribution in [0, 0.1) is 0 Å². The minimum Gasteiger partial charge on any atom is -0.491 e. The van der Waals surface area contributed by atoms with Crippen LogP contribution in [0.15, 0.2) is 120 Å². The van der Waals surface area contributed by atoms with Crippen molar-refractivity contribution in [3.8, 4) is 17.1 Å². The number of benzene rings is 4. The first-order chi connectivity index (χ1) is 19.5. The Morgan fingerprint density at radius 2 is 1.40 bits per heavy atom. The summed E-state index contributed by atoms with van der Waals surface area (Å²) in [6, 6.07) is 38.1. The van der Waals surface area contributed by atoms with Crippen LogP contribution in [0.1, 0.15) is 42.5 Å². The molecule has 0 aliphatic heterocycles. The van der Waals surface area contributed by atoms with Crippen LogP contribution in [0.5, 0.6) is 5.75 Å². The molecule has 4 aromatic carbocycles. The van der Waals surface area contributed by atoms with E-state index in [-0.39, 0.29) is 18.1 Å². The lowest BCUT2D eigenvalue weighted by Crippen LogP contribution is -2.35. The van der Waals surface area contributed by atoms with Gasteiger partial charge in [0.2, 0.25) is 11.7 Å². The largest absolute Gasteiger partial charge is 0.491 e. The summed E-state index contributed by atoms with van der Waals surface area (Å²) in [6.07, 6.45) is -0.0843. The van der Waals surface area contributed by atoms with Gasteiger partial charge >= 0.3 is 0 Å². The number of nitrogens with zero attached hydrogens (tertiary/aromatic N) is 2. The van der Waals surface area contributed by atoms with Crippen LogP contribution in [-0.2, 0) is 11.8 Å². The van der Waals surface area contributed by atoms with Gasteiger partial charge in [0.05, 0.1) is 6.04 Å². The summed E-state index contributed by atoms with van der Waals surface area (Å²) < 4.78 is 11.6. The molecule has 2 atom stereocenters. The van der Waals surface area contributed by atoms with E-state index in [1.807, 2.05) is 66.7 Å². The number of aromatic nitrogens is 2. The third kappa shape index (κ3) is 6.84. The van der Waals surface area contributed by atoms with Gasteiger partial charge in [-0.3, -0.25) is 0 Å². The van der Waals surface area contributed by atoms with Gasteiger partial charge in [-0.25, -0.2) is 0 Å². The maximum atomic E-state index is 10.7. The molecule has 0 aliphatic carbocycles. The van der Waals surface area contributed by atoms with E-state index in [1.165, 1.54) is 11.1 Å². The number of aliphatic hydroxyl groups is 1. The Morgan fingerprint density at radius 1 is 0.800 bits per heavy atom. The van der Waals surface area contributed by atoms with E-state index in [4.69, 9.17) is 9.26 Å². The molecule has 0 radical (unpaired) electrons. The fourth-order valence-electron chi connectivity index (χ4n) is 4.70. The molecule has 40 heavy (non-hydrogen) atoms. The molecule has 0 bridgehead atoms. The lowest BCUT2D eigenvalue weighted by atomic mass is 9.78. The average Bonchev–Trinajstić information content (AvgIpc) is 3.50. The Balaban J connectivity index is 1.20. The number of aliphatic hydroxyl groups excluding tert-OH is 1. The van der Waals surface area contributed by atoms with Crippen LogP contribution >= 0.6 is 0 Å². The van der Waals surface area contributed by atoms with E-state index in [2.05, 4.69) is 77.8 Å². The molecule has 0 fully saturated rings. The van der Waals surface area contributed by atoms with Gasteiger partial charge in [0, 0.05) is 17.5 Å². The monoisotopic (exact) mass is 533 g/mol. The molecular weight excluding hydrogens is 498 g/mol. The summed E-state index contributed by atoms with van der Waals surface area (Å²) in [5.41, 5.74) is 4.36. The molecule has 0 amide bonds. The van der Waals surface area contributed by atoms with Crippen LogP contribution in [-0.4, -0.2) is 34.5 Å². The number of hydrogen-bond donors (Lipinski definition) is 2. The van der Waals surface area contributed by atoms with Gasteiger partial charge in [0.1, 0.15) is 18.5 Å². The summed E-state index contributed by atoms with van der Waals surface area (Å²) >= 11 is 0. The van der Waals surface area contributed by atoms with Gasteiger partial charge in [0.25, 0.3) is 0 Å². The molecule has 0 aliphatic rings. The van der Waals surface area contributed by atoms with Crippen molar-refractivity contribution in [2.45, 2.75) is 37.8 Å². The predicted molar refractivity (Wildman–Crippen MR) is 157 cm³/mol. The van der Waals surface area contributed by atoms with E-state index in [0.717, 1.165) is 16.9 Å². The Labute approximate surface area is 235 Å². The molecule has 0 saturated heterocycles. The minimum atomic E-state index is -0.727. The van der Waals surface area contributed by atoms with Crippen molar-refractivity contribution in [1.82, 2.24) is 15.5 Å². The van der Waals surface area contributed by atoms with Crippen molar-refractivity contribution >= 4 is 0 Å². The summed E-state index contributed by atoms with van der Waals surface area (Å²) in [7, 11) is 0. The highest BCUT2D eigenvalue weighted by Gasteiger charge is 2.23. The zero-order valence-corrected chi connectivity index (χ0v) is 22.9. The highest BCUT2D eigenvalue weighted by atomic mass is 16.5. The molecule has 204 valence electrons. The van der Waals surface area contributed by atoms with Crippen LogP contribution in [0.25, 0.3) is 11.4 Å². The molecular formula is C34H35N3O3. The van der Waals surface area contributed by atoms with Crippen molar-refractivity contribution in [2.24, 2.45) is 0 Å². The third-order valence-corrected chi connectivity index (χ3v) is 7.17. The summed E-state index contributed by atoms with van der Waals surface area (Å²) in [5.74, 6) is 1.74. The van der Waals surface area contributed by atoms with Crippen molar-refractivity contribution in [3.63, 3.8) is 0 Å². The standard InChI is InChI=1S/C34H35N3O3/c1-34(2,27-16-10-5-11-17-27)28-18-20-30(21-19-28)39-24-29(38)23-35-31(22-25-12-6-3-7-13-25)33-36-32(37-40-33)26-14-8-4-9-15-26/h3-21,29,31,35,38H,22-24H2,1-2H3/t29-,31-/m0/s1. The number of hydrogen-bond acceptors (Lipinski definition) is 6. The Kier molecular flexibility index (Phi) is 8.69. The molecule has 0 saturated carbocycles. The van der Waals surface area contributed by atoms with Gasteiger partial charge in [-0.05, 0) is 35.2 Å². The van der Waals surface area contributed by atoms with Gasteiger partial charge in [-0.1, -0.05) is 122 Å². The quantitative estimate of drug-likeness (QED) is 0.194. The summed E-state index contributed by atoms with van der Waals surface area (Å²) in [5, 5.41) is 18.3. The van der Waals surface area contributed by atoms with E-state index in [0.29, 0.717) is 24.7 Å². The molecule has 2 N–H and O–H groups in total. The van der Waals surface area contributed by atoms with Gasteiger partial charge in [-0.15, -0.1) is 0 Å². The minimum absolute atomic E-state index is 0.119. The smallest absolute Gasteiger partial charge is 0.244 e. The van der Waals surface area contributed by atoms with E-state index < -0.39 is 6.10 Å². The fraction of sp³-hybridized carbons (Fsp3) is 0.235. The Morgan fingerprint density at radius 3 is 2.08 bits per heavy atom. The first kappa shape index (κ1) is 27.3. The molecule has 0 unspecified atom stereocenters. The van der Waals surface area contributed by atoms with Crippen molar-refractivity contribution in [2.75, 3.05) is 13.2 Å². The molecule has 1 aromatic heterocycles. The predicted octanol–water partition coefficient (Wildman–Crippen LogP) is 6.38. The van der Waals surface area contributed by atoms with Gasteiger partial charge in [0.15, 0.2) is 0 Å². The lowest BCUT2D eigenvalue weighted by molar-refractivity contribution is 0.102. The van der Waals surface area contributed by atoms with Gasteiger partial charge < -0.3 is 19.7 Å². The van der Waals surface area contributed by atoms with Crippen LogP contribution in [0.4, 0.5) is 0 Å². The molecule has 5 rings (SSSR count). The molecule has 6 nitrogen and oxygen atoms in total.